The van der Waals surface area contributed by atoms with Gasteiger partial charge >= 0.3 is 6.09 Å². The summed E-state index contributed by atoms with van der Waals surface area (Å²) in [7, 11) is 0. The molecule has 1 amide bonds. The van der Waals surface area contributed by atoms with Crippen molar-refractivity contribution in [3.63, 3.8) is 0 Å². The Morgan fingerprint density at radius 3 is 2.18 bits per heavy atom. The fourth-order valence-corrected chi connectivity index (χ4v) is 4.17. The van der Waals surface area contributed by atoms with E-state index in [4.69, 9.17) is 0 Å². The van der Waals surface area contributed by atoms with Crippen LogP contribution in [0.3, 0.4) is 0 Å². The molecule has 0 fully saturated rings. The number of carboxylic acid groups (broad SMARTS) is 1. The van der Waals surface area contributed by atoms with Gasteiger partial charge in [0.2, 0.25) is 0 Å². The first kappa shape index (κ1) is 17.7. The smallest absolute Gasteiger partial charge is 0.408 e. The van der Waals surface area contributed by atoms with Crippen molar-refractivity contribution in [3.8, 4) is 0 Å². The quantitative estimate of drug-likeness (QED) is 0.543. The van der Waals surface area contributed by atoms with E-state index in [2.05, 4.69) is 0 Å². The van der Waals surface area contributed by atoms with Gasteiger partial charge in [0.25, 0.3) is 5.69 Å². The third-order valence-electron chi connectivity index (χ3n) is 5.34. The predicted molar refractivity (Wildman–Crippen MR) is 104 cm³/mol. The number of benzene rings is 3. The van der Waals surface area contributed by atoms with Crippen molar-refractivity contribution < 1.29 is 14.8 Å². The Hall–Kier alpha value is -3.67. The van der Waals surface area contributed by atoms with E-state index in [9.17, 15) is 20.0 Å². The molecule has 6 nitrogen and oxygen atoms in total. The van der Waals surface area contributed by atoms with E-state index in [1.807, 2.05) is 54.6 Å². The highest BCUT2D eigenvalue weighted by molar-refractivity contribution is 5.72. The van der Waals surface area contributed by atoms with Gasteiger partial charge in [-0.3, -0.25) is 15.0 Å². The first-order chi connectivity index (χ1) is 13.5. The number of nitro benzene ring substituents is 1. The lowest BCUT2D eigenvalue weighted by molar-refractivity contribution is -0.384. The Bertz CT molecular complexity index is 1030. The van der Waals surface area contributed by atoms with Gasteiger partial charge in [-0.1, -0.05) is 54.6 Å². The summed E-state index contributed by atoms with van der Waals surface area (Å²) < 4.78 is 0. The van der Waals surface area contributed by atoms with Crippen molar-refractivity contribution in [2.24, 2.45) is 0 Å². The fraction of sp³-hybridized carbons (Fsp3) is 0.136. The molecule has 4 rings (SSSR count). The molecule has 3 aromatic carbocycles. The number of nitrogens with zero attached hydrogens (tertiary/aromatic N) is 2. The summed E-state index contributed by atoms with van der Waals surface area (Å²) in [5, 5.41) is 21.2. The van der Waals surface area contributed by atoms with Crippen LogP contribution in [-0.4, -0.2) is 27.6 Å². The van der Waals surface area contributed by atoms with Gasteiger partial charge in [0, 0.05) is 18.7 Å². The third-order valence-corrected chi connectivity index (χ3v) is 5.34. The molecule has 0 aromatic heterocycles. The molecule has 28 heavy (non-hydrogen) atoms. The Labute approximate surface area is 161 Å². The molecule has 0 aliphatic carbocycles. The number of carbonyl (C=O) groups is 1. The number of hydrogen-bond donors (Lipinski definition) is 1. The zero-order chi connectivity index (χ0) is 19.7. The molecule has 1 aliphatic heterocycles. The standard InChI is InChI=1S/C22H18N2O4/c25-21(26)23-15-14-16-6-4-5-9-20(16)22(23,17-7-2-1-3-8-17)18-10-12-19(13-11-18)24(27)28/h1-13H,14-15H2,(H,25,26). The number of hydrogen-bond acceptors (Lipinski definition) is 3. The molecule has 1 aliphatic rings. The molecule has 1 N–H and O–H groups in total. The fourth-order valence-electron chi connectivity index (χ4n) is 4.17. The van der Waals surface area contributed by atoms with Gasteiger partial charge in [0.1, 0.15) is 5.54 Å². The van der Waals surface area contributed by atoms with Crippen molar-refractivity contribution in [3.05, 3.63) is 111 Å². The Morgan fingerprint density at radius 2 is 1.54 bits per heavy atom. The normalized spacial score (nSPS) is 18.4. The first-order valence-corrected chi connectivity index (χ1v) is 8.94. The van der Waals surface area contributed by atoms with Gasteiger partial charge in [0.15, 0.2) is 0 Å². The molecule has 3 aromatic rings. The second-order valence-corrected chi connectivity index (χ2v) is 6.72. The molecule has 6 heteroatoms. The highest BCUT2D eigenvalue weighted by atomic mass is 16.6. The molecule has 1 heterocycles. The largest absolute Gasteiger partial charge is 0.465 e. The van der Waals surface area contributed by atoms with Crippen LogP contribution in [0.5, 0.6) is 0 Å². The highest BCUT2D eigenvalue weighted by Gasteiger charge is 2.48. The number of fused-ring (bicyclic) bond motifs is 1. The van der Waals surface area contributed by atoms with E-state index < -0.39 is 16.6 Å². The average molecular weight is 374 g/mol. The van der Waals surface area contributed by atoms with Crippen molar-refractivity contribution in [1.82, 2.24) is 4.90 Å². The lowest BCUT2D eigenvalue weighted by Crippen LogP contribution is -2.54. The average Bonchev–Trinajstić information content (AvgIpc) is 2.73. The predicted octanol–water partition coefficient (Wildman–Crippen LogP) is 4.42. The minimum absolute atomic E-state index is 0.0297. The van der Waals surface area contributed by atoms with Crippen LogP contribution >= 0.6 is 0 Å². The van der Waals surface area contributed by atoms with E-state index >= 15 is 0 Å². The summed E-state index contributed by atoms with van der Waals surface area (Å²) in [6.45, 7) is 0.332. The number of nitro groups is 1. The van der Waals surface area contributed by atoms with Gasteiger partial charge in [-0.15, -0.1) is 0 Å². The molecule has 0 bridgehead atoms. The Morgan fingerprint density at radius 1 is 0.929 bits per heavy atom. The number of amides is 1. The van der Waals surface area contributed by atoms with Crippen molar-refractivity contribution in [2.75, 3.05) is 6.54 Å². The molecule has 140 valence electrons. The van der Waals surface area contributed by atoms with Crippen LogP contribution in [0.2, 0.25) is 0 Å². The van der Waals surface area contributed by atoms with Crippen molar-refractivity contribution >= 4 is 11.8 Å². The molecule has 1 unspecified atom stereocenters. The van der Waals surface area contributed by atoms with Crippen LogP contribution < -0.4 is 0 Å². The second-order valence-electron chi connectivity index (χ2n) is 6.72. The van der Waals surface area contributed by atoms with E-state index in [0.29, 0.717) is 18.5 Å². The molecule has 0 saturated heterocycles. The molecule has 0 saturated carbocycles. The summed E-state index contributed by atoms with van der Waals surface area (Å²) in [6, 6.07) is 23.4. The molecular formula is C22H18N2O4. The lowest BCUT2D eigenvalue weighted by Gasteiger charge is -2.47. The summed E-state index contributed by atoms with van der Waals surface area (Å²) in [4.78, 5) is 24.4. The summed E-state index contributed by atoms with van der Waals surface area (Å²) >= 11 is 0. The molecule has 0 radical (unpaired) electrons. The Balaban J connectivity index is 2.07. The topological polar surface area (TPSA) is 83.7 Å². The summed E-state index contributed by atoms with van der Waals surface area (Å²) in [6.07, 6.45) is -0.416. The van der Waals surface area contributed by atoms with Gasteiger partial charge in [-0.25, -0.2) is 4.79 Å². The van der Waals surface area contributed by atoms with Crippen LogP contribution in [0.1, 0.15) is 22.3 Å². The maximum absolute atomic E-state index is 12.3. The maximum Gasteiger partial charge on any atom is 0.408 e. The number of non-ortho nitro benzene ring substituents is 1. The zero-order valence-electron chi connectivity index (χ0n) is 15.0. The lowest BCUT2D eigenvalue weighted by atomic mass is 9.71. The van der Waals surface area contributed by atoms with Gasteiger partial charge < -0.3 is 5.11 Å². The molecular weight excluding hydrogens is 356 g/mol. The SMILES string of the molecule is O=C(O)N1CCc2ccccc2C1(c1ccccc1)c1ccc([N+](=O)[O-])cc1. The Kier molecular flexibility index (Phi) is 4.31. The minimum Gasteiger partial charge on any atom is -0.465 e. The monoisotopic (exact) mass is 374 g/mol. The van der Waals surface area contributed by atoms with Gasteiger partial charge in [-0.2, -0.15) is 0 Å². The van der Waals surface area contributed by atoms with Crippen LogP contribution in [-0.2, 0) is 12.0 Å². The van der Waals surface area contributed by atoms with Crippen LogP contribution in [0, 0.1) is 10.1 Å². The van der Waals surface area contributed by atoms with E-state index in [1.165, 1.54) is 17.0 Å². The van der Waals surface area contributed by atoms with E-state index in [0.717, 1.165) is 16.7 Å². The van der Waals surface area contributed by atoms with Crippen molar-refractivity contribution in [2.45, 2.75) is 12.0 Å². The van der Waals surface area contributed by atoms with E-state index in [1.54, 1.807) is 12.1 Å². The molecule has 0 spiro atoms. The third kappa shape index (κ3) is 2.62. The van der Waals surface area contributed by atoms with E-state index in [-0.39, 0.29) is 5.69 Å². The highest BCUT2D eigenvalue weighted by Crippen LogP contribution is 2.46. The summed E-state index contributed by atoms with van der Waals surface area (Å²) in [5.41, 5.74) is 2.33. The van der Waals surface area contributed by atoms with Crippen LogP contribution in [0.4, 0.5) is 10.5 Å². The van der Waals surface area contributed by atoms with Crippen LogP contribution in [0.15, 0.2) is 78.9 Å². The first-order valence-electron chi connectivity index (χ1n) is 8.94. The van der Waals surface area contributed by atoms with Gasteiger partial charge in [-0.05, 0) is 40.8 Å². The maximum atomic E-state index is 12.3. The van der Waals surface area contributed by atoms with Gasteiger partial charge in [0.05, 0.1) is 4.92 Å². The van der Waals surface area contributed by atoms with Crippen LogP contribution in [0.25, 0.3) is 0 Å². The summed E-state index contributed by atoms with van der Waals surface area (Å²) in [5.74, 6) is 0. The minimum atomic E-state index is -1.07. The zero-order valence-corrected chi connectivity index (χ0v) is 15.0. The number of rotatable bonds is 3. The van der Waals surface area contributed by atoms with Crippen molar-refractivity contribution in [1.29, 1.82) is 0 Å². The second kappa shape index (κ2) is 6.81. The molecule has 1 atom stereocenters.